The Morgan fingerprint density at radius 3 is 2.58 bits per heavy atom. The third-order valence-electron chi connectivity index (χ3n) is 5.26. The second-order valence-electron chi connectivity index (χ2n) is 6.76. The van der Waals surface area contributed by atoms with Crippen LogP contribution in [0, 0.1) is 11.8 Å². The zero-order valence-corrected chi connectivity index (χ0v) is 15.0. The number of aromatic carboxylic acids is 1. The van der Waals surface area contributed by atoms with E-state index in [0.717, 1.165) is 12.0 Å². The van der Waals surface area contributed by atoms with Crippen molar-refractivity contribution in [3.63, 3.8) is 0 Å². The van der Waals surface area contributed by atoms with Crippen LogP contribution in [0.2, 0.25) is 0 Å². The molecule has 26 heavy (non-hydrogen) atoms. The molecule has 3 atom stereocenters. The molecule has 0 bridgehead atoms. The molecular formula is C19H19NO5S. The van der Waals surface area contributed by atoms with Crippen LogP contribution in [0.3, 0.4) is 0 Å². The molecule has 0 aromatic heterocycles. The van der Waals surface area contributed by atoms with Crippen molar-refractivity contribution in [2.45, 2.75) is 17.4 Å². The van der Waals surface area contributed by atoms with Crippen LogP contribution in [-0.2, 0) is 10.0 Å². The van der Waals surface area contributed by atoms with E-state index in [4.69, 9.17) is 4.74 Å². The molecular weight excluding hydrogens is 354 g/mol. The van der Waals surface area contributed by atoms with Gasteiger partial charge in [0, 0.05) is 6.54 Å². The number of methoxy groups -OCH3 is 1. The lowest BCUT2D eigenvalue weighted by molar-refractivity contribution is 0.0693. The molecule has 1 aliphatic heterocycles. The smallest absolute Gasteiger partial charge is 0.339 e. The van der Waals surface area contributed by atoms with Gasteiger partial charge in [-0.15, -0.1) is 0 Å². The van der Waals surface area contributed by atoms with Crippen LogP contribution < -0.4 is 4.74 Å². The quantitative estimate of drug-likeness (QED) is 0.871. The van der Waals surface area contributed by atoms with Gasteiger partial charge < -0.3 is 9.84 Å². The van der Waals surface area contributed by atoms with Crippen molar-refractivity contribution in [2.24, 2.45) is 11.8 Å². The maximum absolute atomic E-state index is 13.3. The van der Waals surface area contributed by atoms with Crippen molar-refractivity contribution in [3.8, 4) is 5.75 Å². The Hall–Kier alpha value is -2.38. The summed E-state index contributed by atoms with van der Waals surface area (Å²) in [6.07, 6.45) is 1.04. The molecule has 0 unspecified atom stereocenters. The highest BCUT2D eigenvalue weighted by molar-refractivity contribution is 7.89. The van der Waals surface area contributed by atoms with Gasteiger partial charge in [0.1, 0.15) is 11.3 Å². The molecule has 1 N–H and O–H groups in total. The molecule has 2 aromatic rings. The highest BCUT2D eigenvalue weighted by atomic mass is 32.2. The molecule has 0 spiro atoms. The zero-order chi connectivity index (χ0) is 18.5. The monoisotopic (exact) mass is 373 g/mol. The SMILES string of the molecule is COc1ccc(S(=O)(=O)N2C[C@@H]3C[C@@H]3[C@@H]2c2ccccc2)cc1C(=O)O. The van der Waals surface area contributed by atoms with Gasteiger partial charge in [-0.3, -0.25) is 0 Å². The minimum absolute atomic E-state index is 0.0158. The van der Waals surface area contributed by atoms with Crippen LogP contribution in [0.15, 0.2) is 53.4 Å². The van der Waals surface area contributed by atoms with E-state index < -0.39 is 16.0 Å². The van der Waals surface area contributed by atoms with E-state index in [1.54, 1.807) is 0 Å². The Morgan fingerprint density at radius 2 is 1.92 bits per heavy atom. The topological polar surface area (TPSA) is 83.9 Å². The predicted molar refractivity (Wildman–Crippen MR) is 94.6 cm³/mol. The summed E-state index contributed by atoms with van der Waals surface area (Å²) >= 11 is 0. The second-order valence-corrected chi connectivity index (χ2v) is 8.65. The van der Waals surface area contributed by atoms with Crippen LogP contribution in [-0.4, -0.2) is 37.5 Å². The van der Waals surface area contributed by atoms with E-state index in [9.17, 15) is 18.3 Å². The number of hydrogen-bond acceptors (Lipinski definition) is 4. The van der Waals surface area contributed by atoms with Crippen molar-refractivity contribution >= 4 is 16.0 Å². The Morgan fingerprint density at radius 1 is 1.19 bits per heavy atom. The molecule has 2 aliphatic rings. The third kappa shape index (κ3) is 2.68. The van der Waals surface area contributed by atoms with Crippen LogP contribution in [0.1, 0.15) is 28.4 Å². The number of carboxylic acid groups (broad SMARTS) is 1. The van der Waals surface area contributed by atoms with Gasteiger partial charge in [-0.05, 0) is 42.0 Å². The lowest BCUT2D eigenvalue weighted by Gasteiger charge is -2.27. The summed E-state index contributed by atoms with van der Waals surface area (Å²) < 4.78 is 33.0. The first-order chi connectivity index (χ1) is 12.4. The zero-order valence-electron chi connectivity index (χ0n) is 14.2. The molecule has 2 aromatic carbocycles. The van der Waals surface area contributed by atoms with E-state index in [1.807, 2.05) is 30.3 Å². The second kappa shape index (κ2) is 6.10. The van der Waals surface area contributed by atoms with Crippen LogP contribution >= 0.6 is 0 Å². The number of benzene rings is 2. The van der Waals surface area contributed by atoms with Crippen LogP contribution in [0.25, 0.3) is 0 Å². The fourth-order valence-corrected chi connectivity index (χ4v) is 5.63. The van der Waals surface area contributed by atoms with Crippen LogP contribution in [0.5, 0.6) is 5.75 Å². The number of piperidine rings is 1. The Bertz CT molecular complexity index is 957. The van der Waals surface area contributed by atoms with Gasteiger partial charge >= 0.3 is 5.97 Å². The first-order valence-corrected chi connectivity index (χ1v) is 9.85. The first-order valence-electron chi connectivity index (χ1n) is 8.41. The molecule has 0 radical (unpaired) electrons. The van der Waals surface area contributed by atoms with E-state index in [1.165, 1.54) is 29.6 Å². The van der Waals surface area contributed by atoms with Gasteiger partial charge in [0.25, 0.3) is 0 Å². The normalized spacial score (nSPS) is 24.9. The fourth-order valence-electron chi connectivity index (χ4n) is 3.89. The van der Waals surface area contributed by atoms with Gasteiger partial charge in [0.15, 0.2) is 0 Å². The number of rotatable bonds is 5. The molecule has 6 nitrogen and oxygen atoms in total. The Balaban J connectivity index is 1.75. The summed E-state index contributed by atoms with van der Waals surface area (Å²) in [5, 5.41) is 9.34. The number of sulfonamides is 1. The summed E-state index contributed by atoms with van der Waals surface area (Å²) in [5.41, 5.74) is 0.822. The number of carbonyl (C=O) groups is 1. The lowest BCUT2D eigenvalue weighted by Crippen LogP contribution is -2.33. The summed E-state index contributed by atoms with van der Waals surface area (Å²) in [7, 11) is -2.45. The van der Waals surface area contributed by atoms with E-state index >= 15 is 0 Å². The van der Waals surface area contributed by atoms with Crippen molar-refractivity contribution in [2.75, 3.05) is 13.7 Å². The molecule has 1 heterocycles. The first kappa shape index (κ1) is 17.1. The summed E-state index contributed by atoms with van der Waals surface area (Å²) in [6.45, 7) is 0.473. The number of fused-ring (bicyclic) bond motifs is 1. The number of hydrogen-bond donors (Lipinski definition) is 1. The van der Waals surface area contributed by atoms with Gasteiger partial charge in [0.2, 0.25) is 10.0 Å². The standard InChI is InChI=1S/C19H19NO5S/c1-25-17-8-7-14(10-16(17)19(21)22)26(23,24)20-11-13-9-15(13)18(20)12-5-3-2-4-6-12/h2-8,10,13,15,18H,9,11H2,1H3,(H,21,22)/t13-,15-,18-/m0/s1. The third-order valence-corrected chi connectivity index (χ3v) is 7.10. The van der Waals surface area contributed by atoms with Crippen molar-refractivity contribution in [3.05, 3.63) is 59.7 Å². The van der Waals surface area contributed by atoms with Crippen LogP contribution in [0.4, 0.5) is 0 Å². The van der Waals surface area contributed by atoms with Crippen molar-refractivity contribution < 1.29 is 23.1 Å². The minimum atomic E-state index is -3.81. The maximum Gasteiger partial charge on any atom is 0.339 e. The maximum atomic E-state index is 13.3. The number of ether oxygens (including phenoxy) is 1. The lowest BCUT2D eigenvalue weighted by atomic mass is 10.0. The molecule has 2 fully saturated rings. The summed E-state index contributed by atoms with van der Waals surface area (Å²) in [4.78, 5) is 11.4. The Kier molecular flexibility index (Phi) is 4.00. The number of carboxylic acids is 1. The molecule has 1 saturated carbocycles. The number of nitrogens with zero attached hydrogens (tertiary/aromatic N) is 1. The van der Waals surface area contributed by atoms with E-state index in [0.29, 0.717) is 18.4 Å². The van der Waals surface area contributed by atoms with Gasteiger partial charge in [-0.2, -0.15) is 4.31 Å². The average Bonchev–Trinajstić information content (AvgIpc) is 3.31. The van der Waals surface area contributed by atoms with E-state index in [2.05, 4.69) is 0 Å². The molecule has 0 amide bonds. The molecule has 1 aliphatic carbocycles. The van der Waals surface area contributed by atoms with Gasteiger partial charge in [-0.1, -0.05) is 30.3 Å². The fraction of sp³-hybridized carbons (Fsp3) is 0.316. The molecule has 7 heteroatoms. The highest BCUT2D eigenvalue weighted by Gasteiger charge is 2.56. The summed E-state index contributed by atoms with van der Waals surface area (Å²) in [6, 6.07) is 13.4. The minimum Gasteiger partial charge on any atom is -0.496 e. The summed E-state index contributed by atoms with van der Waals surface area (Å²) in [5.74, 6) is -0.361. The largest absolute Gasteiger partial charge is 0.496 e. The molecule has 136 valence electrons. The highest BCUT2D eigenvalue weighted by Crippen LogP contribution is 2.57. The molecule has 4 rings (SSSR count). The Labute approximate surface area is 152 Å². The molecule has 1 saturated heterocycles. The van der Waals surface area contributed by atoms with Gasteiger partial charge in [-0.25, -0.2) is 13.2 Å². The van der Waals surface area contributed by atoms with Crippen molar-refractivity contribution in [1.82, 2.24) is 4.31 Å². The van der Waals surface area contributed by atoms with Crippen molar-refractivity contribution in [1.29, 1.82) is 0 Å². The van der Waals surface area contributed by atoms with E-state index in [-0.39, 0.29) is 22.3 Å². The van der Waals surface area contributed by atoms with Gasteiger partial charge in [0.05, 0.1) is 18.0 Å². The predicted octanol–water partition coefficient (Wildman–Crippen LogP) is 2.78. The average molecular weight is 373 g/mol.